The smallest absolute Gasteiger partial charge is 0.337 e. The van der Waals surface area contributed by atoms with Gasteiger partial charge in [0.2, 0.25) is 0 Å². The molecule has 1 atom stereocenters. The van der Waals surface area contributed by atoms with Crippen molar-refractivity contribution in [2.45, 2.75) is 39.7 Å². The average Bonchev–Trinajstić information content (AvgIpc) is 2.71. The number of allylic oxidation sites excluding steroid dienone is 1. The van der Waals surface area contributed by atoms with E-state index in [1.165, 1.54) is 17.7 Å². The van der Waals surface area contributed by atoms with Crippen molar-refractivity contribution < 1.29 is 19.4 Å². The highest BCUT2D eigenvalue weighted by Crippen LogP contribution is 2.42. The summed E-state index contributed by atoms with van der Waals surface area (Å²) in [5, 5.41) is 13.2. The van der Waals surface area contributed by atoms with Crippen molar-refractivity contribution in [3.8, 4) is 11.5 Å². The van der Waals surface area contributed by atoms with Crippen LogP contribution in [0.4, 0.5) is 5.82 Å². The molecule has 0 fully saturated rings. The fourth-order valence-electron chi connectivity index (χ4n) is 3.75. The van der Waals surface area contributed by atoms with Gasteiger partial charge in [-0.2, -0.15) is 0 Å². The molecule has 3 rings (SSSR count). The minimum Gasteiger partial charge on any atom is -0.504 e. The van der Waals surface area contributed by atoms with Crippen molar-refractivity contribution in [2.75, 3.05) is 11.9 Å². The number of carbonyl (C=O) groups excluding carboxylic acids is 1. The Morgan fingerprint density at radius 2 is 1.90 bits per heavy atom. The van der Waals surface area contributed by atoms with Crippen molar-refractivity contribution in [1.29, 1.82) is 0 Å². The number of nitrogens with one attached hydrogen (secondary N) is 1. The van der Waals surface area contributed by atoms with Gasteiger partial charge in [-0.3, -0.25) is 13.9 Å². The lowest BCUT2D eigenvalue weighted by Crippen LogP contribution is -2.43. The number of esters is 1. The summed E-state index contributed by atoms with van der Waals surface area (Å²) in [4.78, 5) is 38.7. The Labute approximate surface area is 179 Å². The molecule has 0 aliphatic carbocycles. The molecule has 0 saturated carbocycles. The number of phenolic OH excluding ortho intramolecular Hbond substituents is 1. The van der Waals surface area contributed by atoms with Crippen LogP contribution in [-0.4, -0.2) is 32.9 Å². The van der Waals surface area contributed by atoms with E-state index in [-0.39, 0.29) is 28.7 Å². The lowest BCUT2D eigenvalue weighted by molar-refractivity contribution is -0.143. The maximum Gasteiger partial charge on any atom is 0.337 e. The van der Waals surface area contributed by atoms with Crippen LogP contribution >= 0.6 is 0 Å². The molecule has 31 heavy (non-hydrogen) atoms. The number of aromatic nitrogens is 2. The van der Waals surface area contributed by atoms with Gasteiger partial charge >= 0.3 is 11.7 Å². The first-order valence-electron chi connectivity index (χ1n) is 10.0. The molecule has 0 bridgehead atoms. The highest BCUT2D eigenvalue weighted by atomic mass is 16.5. The predicted molar refractivity (Wildman–Crippen MR) is 116 cm³/mol. The molecule has 1 aromatic heterocycles. The lowest BCUT2D eigenvalue weighted by Gasteiger charge is -2.31. The molecular weight excluding hydrogens is 402 g/mol. The summed E-state index contributed by atoms with van der Waals surface area (Å²) in [7, 11) is 2.94. The van der Waals surface area contributed by atoms with Crippen LogP contribution < -0.4 is 21.3 Å². The molecule has 2 N–H and O–H groups in total. The number of anilines is 1. The summed E-state index contributed by atoms with van der Waals surface area (Å²) in [6.45, 7) is 7.28. The van der Waals surface area contributed by atoms with Gasteiger partial charge in [-0.25, -0.2) is 9.59 Å². The Balaban J connectivity index is 2.36. The summed E-state index contributed by atoms with van der Waals surface area (Å²) in [5.74, 6) is -0.913. The molecule has 2 aromatic rings. The van der Waals surface area contributed by atoms with E-state index < -0.39 is 23.1 Å². The van der Waals surface area contributed by atoms with Crippen molar-refractivity contribution in [2.24, 2.45) is 14.1 Å². The maximum absolute atomic E-state index is 13.2. The Hall–Kier alpha value is -3.49. The number of benzene rings is 1. The van der Waals surface area contributed by atoms with E-state index in [0.717, 1.165) is 4.57 Å². The fraction of sp³-hybridized carbons (Fsp3) is 0.409. The molecule has 0 amide bonds. The molecule has 2 heterocycles. The van der Waals surface area contributed by atoms with E-state index in [1.54, 1.807) is 46.9 Å². The lowest BCUT2D eigenvalue weighted by atomic mass is 9.82. The van der Waals surface area contributed by atoms with E-state index >= 15 is 0 Å². The first-order chi connectivity index (χ1) is 14.6. The summed E-state index contributed by atoms with van der Waals surface area (Å²) < 4.78 is 13.3. The second-order valence-corrected chi connectivity index (χ2v) is 7.68. The van der Waals surface area contributed by atoms with Gasteiger partial charge in [-0.1, -0.05) is 6.07 Å². The van der Waals surface area contributed by atoms with Crippen molar-refractivity contribution in [3.63, 3.8) is 0 Å². The molecule has 0 spiro atoms. The molecule has 1 aliphatic rings. The van der Waals surface area contributed by atoms with E-state index in [0.29, 0.717) is 23.7 Å². The largest absolute Gasteiger partial charge is 0.504 e. The quantitative estimate of drug-likeness (QED) is 0.699. The van der Waals surface area contributed by atoms with Crippen LogP contribution in [0.15, 0.2) is 39.1 Å². The third kappa shape index (κ3) is 3.83. The zero-order chi connectivity index (χ0) is 23.0. The number of fused-ring (bicyclic) bond motifs is 1. The first kappa shape index (κ1) is 22.2. The molecule has 166 valence electrons. The topological polar surface area (TPSA) is 112 Å². The van der Waals surface area contributed by atoms with Crippen LogP contribution in [0, 0.1) is 0 Å². The summed E-state index contributed by atoms with van der Waals surface area (Å²) in [6.07, 6.45) is -0.364. The molecule has 0 radical (unpaired) electrons. The van der Waals surface area contributed by atoms with Gasteiger partial charge in [0.15, 0.2) is 11.5 Å². The minimum absolute atomic E-state index is 0.0554. The van der Waals surface area contributed by atoms with Crippen LogP contribution in [0.2, 0.25) is 0 Å². The normalized spacial score (nSPS) is 15.5. The van der Waals surface area contributed by atoms with Crippen molar-refractivity contribution in [1.82, 2.24) is 9.13 Å². The summed E-state index contributed by atoms with van der Waals surface area (Å²) >= 11 is 0. The standard InChI is InChI=1S/C22H27N3O6/c1-7-30-15-10-13(8-9-14(15)26)17-16(21(28)31-11(2)3)12(4)23-19-18(17)20(27)25(6)22(29)24(19)5/h8-11,17,23,26H,7H2,1-6H3. The zero-order valence-corrected chi connectivity index (χ0v) is 18.5. The number of phenols is 1. The number of nitrogens with zero attached hydrogens (tertiary/aromatic N) is 2. The molecule has 0 saturated heterocycles. The van der Waals surface area contributed by atoms with E-state index in [4.69, 9.17) is 9.47 Å². The van der Waals surface area contributed by atoms with Gasteiger partial charge in [0, 0.05) is 19.8 Å². The molecule has 1 unspecified atom stereocenters. The van der Waals surface area contributed by atoms with E-state index in [9.17, 15) is 19.5 Å². The number of ether oxygens (including phenoxy) is 2. The highest BCUT2D eigenvalue weighted by molar-refractivity contribution is 5.94. The van der Waals surface area contributed by atoms with Gasteiger partial charge in [0.25, 0.3) is 5.56 Å². The molecular formula is C22H27N3O6. The summed E-state index contributed by atoms with van der Waals surface area (Å²) in [5.41, 5.74) is 0.497. The van der Waals surface area contributed by atoms with Crippen LogP contribution in [0.5, 0.6) is 11.5 Å². The second-order valence-electron chi connectivity index (χ2n) is 7.68. The molecule has 1 aliphatic heterocycles. The number of hydrogen-bond donors (Lipinski definition) is 2. The SMILES string of the molecule is CCOc1cc(C2C(C(=O)OC(C)C)=C(C)Nc3c2c(=O)n(C)c(=O)n3C)ccc1O. The number of aromatic hydroxyl groups is 1. The van der Waals surface area contributed by atoms with Crippen molar-refractivity contribution >= 4 is 11.8 Å². The van der Waals surface area contributed by atoms with Gasteiger partial charge < -0.3 is 19.9 Å². The minimum atomic E-state index is -0.826. The maximum atomic E-state index is 13.2. The molecule has 9 nitrogen and oxygen atoms in total. The Morgan fingerprint density at radius 3 is 2.52 bits per heavy atom. The predicted octanol–water partition coefficient (Wildman–Crippen LogP) is 1.97. The molecule has 1 aromatic carbocycles. The van der Waals surface area contributed by atoms with Gasteiger partial charge in [-0.15, -0.1) is 0 Å². The third-order valence-electron chi connectivity index (χ3n) is 5.17. The second kappa shape index (κ2) is 8.33. The Bertz CT molecular complexity index is 1190. The third-order valence-corrected chi connectivity index (χ3v) is 5.17. The van der Waals surface area contributed by atoms with Crippen LogP contribution in [0.25, 0.3) is 0 Å². The summed E-state index contributed by atoms with van der Waals surface area (Å²) in [6, 6.07) is 4.67. The first-order valence-corrected chi connectivity index (χ1v) is 10.0. The Kier molecular flexibility index (Phi) is 5.97. The van der Waals surface area contributed by atoms with Crippen molar-refractivity contribution in [3.05, 3.63) is 61.4 Å². The van der Waals surface area contributed by atoms with E-state index in [2.05, 4.69) is 5.32 Å². The van der Waals surface area contributed by atoms with E-state index in [1.807, 2.05) is 0 Å². The zero-order valence-electron chi connectivity index (χ0n) is 18.5. The van der Waals surface area contributed by atoms with Gasteiger partial charge in [0.05, 0.1) is 29.8 Å². The van der Waals surface area contributed by atoms with Crippen LogP contribution in [-0.2, 0) is 23.6 Å². The number of carbonyl (C=O) groups is 1. The number of hydrogen-bond acceptors (Lipinski definition) is 7. The van der Waals surface area contributed by atoms with Gasteiger partial charge in [-0.05, 0) is 45.4 Å². The fourth-order valence-corrected chi connectivity index (χ4v) is 3.75. The van der Waals surface area contributed by atoms with Crippen LogP contribution in [0.1, 0.15) is 44.7 Å². The van der Waals surface area contributed by atoms with Gasteiger partial charge in [0.1, 0.15) is 5.82 Å². The number of rotatable bonds is 5. The molecule has 9 heteroatoms. The Morgan fingerprint density at radius 1 is 1.23 bits per heavy atom. The highest BCUT2D eigenvalue weighted by Gasteiger charge is 2.38. The monoisotopic (exact) mass is 429 g/mol. The average molecular weight is 429 g/mol. The van der Waals surface area contributed by atoms with Crippen LogP contribution in [0.3, 0.4) is 0 Å².